The van der Waals surface area contributed by atoms with Gasteiger partial charge in [0.05, 0.1) is 20.0 Å². The van der Waals surface area contributed by atoms with Gasteiger partial charge in [0.2, 0.25) is 5.45 Å². The summed E-state index contributed by atoms with van der Waals surface area (Å²) >= 11 is 0. The molecule has 0 heterocycles. The Morgan fingerprint density at radius 1 is 1.42 bits per heavy atom. The van der Waals surface area contributed by atoms with Crippen LogP contribution in [0.25, 0.3) is 0 Å². The number of rotatable bonds is 5. The van der Waals surface area contributed by atoms with E-state index in [1.54, 1.807) is 0 Å². The highest BCUT2D eigenvalue weighted by Gasteiger charge is 2.36. The van der Waals surface area contributed by atoms with Gasteiger partial charge in [0.1, 0.15) is 19.6 Å². The summed E-state index contributed by atoms with van der Waals surface area (Å²) in [5, 5.41) is 0. The first-order valence-electron chi connectivity index (χ1n) is 6.11. The number of aliphatic imine (C=N–C) groups is 1. The molecule has 0 radical (unpaired) electrons. The van der Waals surface area contributed by atoms with E-state index in [4.69, 9.17) is 4.74 Å². The summed E-state index contributed by atoms with van der Waals surface area (Å²) in [5.41, 5.74) is 1.17. The molecule has 0 saturated carbocycles. The van der Waals surface area contributed by atoms with Gasteiger partial charge in [-0.3, -0.25) is 4.79 Å². The number of nitrogens with zero attached hydrogens (tertiary/aromatic N) is 1. The van der Waals surface area contributed by atoms with Crippen LogP contribution in [0.1, 0.15) is 19.4 Å². The lowest BCUT2D eigenvalue weighted by Gasteiger charge is -2.25. The Balaban J connectivity index is 3.12. The van der Waals surface area contributed by atoms with Crippen molar-refractivity contribution >= 4 is 25.3 Å². The third-order valence-corrected chi connectivity index (χ3v) is 4.47. The zero-order valence-corrected chi connectivity index (χ0v) is 12.9. The highest BCUT2D eigenvalue weighted by Crippen LogP contribution is 2.27. The van der Waals surface area contributed by atoms with Gasteiger partial charge in [0.15, 0.2) is 0 Å². The maximum atomic E-state index is 12.1. The molecule has 0 aliphatic carbocycles. The minimum atomic E-state index is -0.747. The van der Waals surface area contributed by atoms with Crippen molar-refractivity contribution in [3.8, 4) is 0 Å². The number of hydrogen-bond donors (Lipinski definition) is 0. The Morgan fingerprint density at radius 3 is 2.47 bits per heavy atom. The van der Waals surface area contributed by atoms with E-state index in [-0.39, 0.29) is 5.97 Å². The molecule has 0 saturated heterocycles. The SMILES string of the molecule is C=[P+](C)C(C)=NCC(C)(C(=O)OC)c1ccccc1. The predicted octanol–water partition coefficient (Wildman–Crippen LogP) is 3.08. The molecule has 2 unspecified atom stereocenters. The molecule has 1 aromatic carbocycles. The van der Waals surface area contributed by atoms with Gasteiger partial charge in [0, 0.05) is 6.92 Å². The van der Waals surface area contributed by atoms with Gasteiger partial charge in [0.25, 0.3) is 0 Å². The van der Waals surface area contributed by atoms with E-state index in [2.05, 4.69) is 11.3 Å². The van der Waals surface area contributed by atoms with Gasteiger partial charge in [-0.1, -0.05) is 30.3 Å². The monoisotopic (exact) mass is 278 g/mol. The molecule has 0 aliphatic heterocycles. The summed E-state index contributed by atoms with van der Waals surface area (Å²) in [6.45, 7) is 6.26. The van der Waals surface area contributed by atoms with E-state index in [0.29, 0.717) is 6.54 Å². The van der Waals surface area contributed by atoms with Gasteiger partial charge in [-0.05, 0) is 12.5 Å². The Labute approximate surface area is 116 Å². The number of ether oxygens (including phenoxy) is 1. The smallest absolute Gasteiger partial charge is 0.317 e. The number of carbonyl (C=O) groups is 1. The summed E-state index contributed by atoms with van der Waals surface area (Å²) < 4.78 is 4.94. The average Bonchev–Trinajstić information content (AvgIpc) is 2.44. The molecule has 0 aromatic heterocycles. The normalized spacial score (nSPS) is 15.6. The summed E-state index contributed by atoms with van der Waals surface area (Å²) in [6, 6.07) is 9.63. The second kappa shape index (κ2) is 6.63. The number of hydrogen-bond acceptors (Lipinski definition) is 3. The minimum absolute atomic E-state index is 0.264. The van der Waals surface area contributed by atoms with Gasteiger partial charge in [-0.15, -0.1) is 0 Å². The summed E-state index contributed by atoms with van der Waals surface area (Å²) in [5.74, 6) is -0.264. The van der Waals surface area contributed by atoms with E-state index in [1.807, 2.05) is 50.8 Å². The van der Waals surface area contributed by atoms with Crippen LogP contribution in [0.4, 0.5) is 0 Å². The fourth-order valence-electron chi connectivity index (χ4n) is 1.70. The first-order chi connectivity index (χ1) is 8.91. The van der Waals surface area contributed by atoms with Gasteiger partial charge in [-0.25, -0.2) is 4.99 Å². The summed E-state index contributed by atoms with van der Waals surface area (Å²) in [7, 11) is 0.952. The molecular formula is C15H21NO2P+. The number of esters is 1. The van der Waals surface area contributed by atoms with E-state index >= 15 is 0 Å². The first kappa shape index (κ1) is 15.6. The first-order valence-corrected chi connectivity index (χ1v) is 8.08. The lowest BCUT2D eigenvalue weighted by atomic mass is 9.82. The largest absolute Gasteiger partial charge is 0.468 e. The van der Waals surface area contributed by atoms with E-state index < -0.39 is 13.0 Å². The van der Waals surface area contributed by atoms with Crippen LogP contribution in [0, 0.1) is 0 Å². The number of methoxy groups -OCH3 is 1. The van der Waals surface area contributed by atoms with E-state index in [9.17, 15) is 4.79 Å². The fourth-order valence-corrected chi connectivity index (χ4v) is 2.01. The Morgan fingerprint density at radius 2 is 2.00 bits per heavy atom. The third-order valence-electron chi connectivity index (χ3n) is 3.22. The minimum Gasteiger partial charge on any atom is -0.468 e. The standard InChI is InChI=1S/C15H21NO2P/c1-12(19(4)5)16-11-15(2,14(17)18-3)13-9-7-6-8-10-13/h6-10H,4,11H2,1-3,5H3/q+1. The molecule has 0 spiro atoms. The Bertz CT molecular complexity index is 496. The topological polar surface area (TPSA) is 38.7 Å². The van der Waals surface area contributed by atoms with Crippen molar-refractivity contribution in [2.45, 2.75) is 19.3 Å². The van der Waals surface area contributed by atoms with Crippen LogP contribution in [0.5, 0.6) is 0 Å². The lowest BCUT2D eigenvalue weighted by molar-refractivity contribution is -0.146. The molecule has 4 heteroatoms. The van der Waals surface area contributed by atoms with Crippen LogP contribution in [0.15, 0.2) is 35.3 Å². The van der Waals surface area contributed by atoms with Crippen LogP contribution in [0.2, 0.25) is 0 Å². The van der Waals surface area contributed by atoms with Crippen molar-refractivity contribution in [1.29, 1.82) is 0 Å². The third kappa shape index (κ3) is 3.74. The predicted molar refractivity (Wildman–Crippen MR) is 83.8 cm³/mol. The van der Waals surface area contributed by atoms with Crippen LogP contribution in [0.3, 0.4) is 0 Å². The Hall–Kier alpha value is -1.47. The van der Waals surface area contributed by atoms with Crippen molar-refractivity contribution in [2.75, 3.05) is 20.3 Å². The molecule has 0 fully saturated rings. The zero-order chi connectivity index (χ0) is 14.5. The maximum absolute atomic E-state index is 12.1. The van der Waals surface area contributed by atoms with Gasteiger partial charge >= 0.3 is 5.97 Å². The Kier molecular flexibility index (Phi) is 5.44. The molecular weight excluding hydrogens is 257 g/mol. The van der Waals surface area contributed by atoms with Crippen molar-refractivity contribution in [3.05, 3.63) is 35.9 Å². The molecule has 1 rings (SSSR count). The average molecular weight is 278 g/mol. The quantitative estimate of drug-likeness (QED) is 0.471. The molecule has 0 amide bonds. The molecule has 0 aliphatic rings. The molecule has 1 aromatic rings. The van der Waals surface area contributed by atoms with E-state index in [0.717, 1.165) is 11.0 Å². The molecule has 3 nitrogen and oxygen atoms in total. The van der Waals surface area contributed by atoms with Crippen molar-refractivity contribution in [2.24, 2.45) is 4.99 Å². The maximum Gasteiger partial charge on any atom is 0.317 e. The molecule has 2 atom stereocenters. The molecule has 0 N–H and O–H groups in total. The van der Waals surface area contributed by atoms with Crippen LogP contribution < -0.4 is 0 Å². The highest BCUT2D eigenvalue weighted by molar-refractivity contribution is 7.72. The van der Waals surface area contributed by atoms with Crippen molar-refractivity contribution in [1.82, 2.24) is 0 Å². The molecule has 102 valence electrons. The summed E-state index contributed by atoms with van der Waals surface area (Å²) in [6.07, 6.45) is 3.99. The van der Waals surface area contributed by atoms with Crippen LogP contribution in [-0.2, 0) is 14.9 Å². The number of carbonyl (C=O) groups excluding carboxylic acids is 1. The van der Waals surface area contributed by atoms with Gasteiger partial charge < -0.3 is 4.74 Å². The van der Waals surface area contributed by atoms with Crippen LogP contribution >= 0.6 is 7.55 Å². The molecule has 19 heavy (non-hydrogen) atoms. The van der Waals surface area contributed by atoms with Crippen molar-refractivity contribution in [3.63, 3.8) is 0 Å². The second-order valence-corrected chi connectivity index (χ2v) is 6.79. The van der Waals surface area contributed by atoms with Gasteiger partial charge in [-0.2, -0.15) is 0 Å². The lowest BCUT2D eigenvalue weighted by Crippen LogP contribution is -2.37. The number of benzene rings is 1. The fraction of sp³-hybridized carbons (Fsp3) is 0.400. The summed E-state index contributed by atoms with van der Waals surface area (Å²) in [4.78, 5) is 16.6. The van der Waals surface area contributed by atoms with Crippen LogP contribution in [-0.4, -0.2) is 38.0 Å². The highest BCUT2D eigenvalue weighted by atomic mass is 31.1. The zero-order valence-electron chi connectivity index (χ0n) is 12.0. The van der Waals surface area contributed by atoms with Crippen molar-refractivity contribution < 1.29 is 9.53 Å². The van der Waals surface area contributed by atoms with E-state index in [1.165, 1.54) is 7.11 Å². The second-order valence-electron chi connectivity index (χ2n) is 4.75. The molecule has 0 bridgehead atoms.